The Kier molecular flexibility index (Phi) is 3.69. The van der Waals surface area contributed by atoms with E-state index in [2.05, 4.69) is 23.0 Å². The quantitative estimate of drug-likeness (QED) is 0.823. The molecular weight excluding hydrogens is 222 g/mol. The molecule has 2 aromatic heterocycles. The molecule has 0 aliphatic rings. The summed E-state index contributed by atoms with van der Waals surface area (Å²) in [4.78, 5) is 8.57. The zero-order chi connectivity index (χ0) is 13.0. The lowest BCUT2D eigenvalue weighted by Gasteiger charge is -2.09. The van der Waals surface area contributed by atoms with Crippen LogP contribution in [0.2, 0.25) is 0 Å². The van der Waals surface area contributed by atoms with Crippen LogP contribution in [0, 0.1) is 18.3 Å². The first-order valence-corrected chi connectivity index (χ1v) is 6.07. The second-order valence-electron chi connectivity index (χ2n) is 4.21. The van der Waals surface area contributed by atoms with Crippen molar-refractivity contribution in [2.45, 2.75) is 26.7 Å². The summed E-state index contributed by atoms with van der Waals surface area (Å²) in [7, 11) is 0. The maximum absolute atomic E-state index is 9.20. The minimum Gasteiger partial charge on any atom is -0.265 e. The van der Waals surface area contributed by atoms with Gasteiger partial charge in [0, 0.05) is 23.7 Å². The number of aromatic nitrogens is 2. The third-order valence-electron chi connectivity index (χ3n) is 2.89. The molecule has 0 aliphatic carbocycles. The van der Waals surface area contributed by atoms with E-state index in [0.717, 1.165) is 35.4 Å². The summed E-state index contributed by atoms with van der Waals surface area (Å²) < 4.78 is 0. The lowest BCUT2D eigenvalue weighted by molar-refractivity contribution is 0.870. The smallest absolute Gasteiger partial charge is 0.101 e. The van der Waals surface area contributed by atoms with Crippen molar-refractivity contribution in [1.29, 1.82) is 5.26 Å². The Morgan fingerprint density at radius 1 is 1.28 bits per heavy atom. The molecule has 0 spiro atoms. The van der Waals surface area contributed by atoms with Crippen LogP contribution in [0.5, 0.6) is 0 Å². The summed E-state index contributed by atoms with van der Waals surface area (Å²) in [5, 5.41) is 9.20. The lowest BCUT2D eigenvalue weighted by Crippen LogP contribution is -1.99. The standard InChI is InChI=1S/C15H15N3/c1-3-4-15-13(10-16)9-14(11(2)18-15)12-5-7-17-8-6-12/h5-9H,3-4H2,1-2H3. The van der Waals surface area contributed by atoms with Gasteiger partial charge in [0.15, 0.2) is 0 Å². The summed E-state index contributed by atoms with van der Waals surface area (Å²) in [6.45, 7) is 4.07. The SMILES string of the molecule is CCCc1nc(C)c(-c2ccncc2)cc1C#N. The van der Waals surface area contributed by atoms with Crippen LogP contribution in [-0.2, 0) is 6.42 Å². The summed E-state index contributed by atoms with van der Waals surface area (Å²) in [6, 6.07) is 8.04. The van der Waals surface area contributed by atoms with Gasteiger partial charge < -0.3 is 0 Å². The fourth-order valence-electron chi connectivity index (χ4n) is 2.00. The van der Waals surface area contributed by atoms with Crippen LogP contribution in [0.1, 0.15) is 30.3 Å². The third-order valence-corrected chi connectivity index (χ3v) is 2.89. The van der Waals surface area contributed by atoms with Gasteiger partial charge in [-0.2, -0.15) is 5.26 Å². The predicted molar refractivity (Wildman–Crippen MR) is 70.9 cm³/mol. The zero-order valence-corrected chi connectivity index (χ0v) is 10.6. The van der Waals surface area contributed by atoms with Crippen molar-refractivity contribution in [3.8, 4) is 17.2 Å². The fraction of sp³-hybridized carbons (Fsp3) is 0.267. The van der Waals surface area contributed by atoms with Crippen LogP contribution in [-0.4, -0.2) is 9.97 Å². The van der Waals surface area contributed by atoms with Gasteiger partial charge in [0.1, 0.15) is 6.07 Å². The maximum Gasteiger partial charge on any atom is 0.101 e. The second-order valence-corrected chi connectivity index (χ2v) is 4.21. The number of rotatable bonds is 3. The van der Waals surface area contributed by atoms with Crippen molar-refractivity contribution >= 4 is 0 Å². The van der Waals surface area contributed by atoms with Crippen molar-refractivity contribution in [3.05, 3.63) is 47.5 Å². The summed E-state index contributed by atoms with van der Waals surface area (Å²) in [5.74, 6) is 0. The topological polar surface area (TPSA) is 49.6 Å². The van der Waals surface area contributed by atoms with Crippen LogP contribution < -0.4 is 0 Å². The average Bonchev–Trinajstić information content (AvgIpc) is 2.40. The second kappa shape index (κ2) is 5.42. The molecule has 0 amide bonds. The summed E-state index contributed by atoms with van der Waals surface area (Å²) >= 11 is 0. The number of nitriles is 1. The highest BCUT2D eigenvalue weighted by Crippen LogP contribution is 2.24. The molecule has 3 nitrogen and oxygen atoms in total. The van der Waals surface area contributed by atoms with E-state index >= 15 is 0 Å². The highest BCUT2D eigenvalue weighted by molar-refractivity contribution is 5.67. The fourth-order valence-corrected chi connectivity index (χ4v) is 2.00. The molecule has 0 N–H and O–H groups in total. The molecule has 0 aromatic carbocycles. The van der Waals surface area contributed by atoms with Gasteiger partial charge in [-0.15, -0.1) is 0 Å². The van der Waals surface area contributed by atoms with Crippen molar-refractivity contribution in [3.63, 3.8) is 0 Å². The van der Waals surface area contributed by atoms with E-state index in [4.69, 9.17) is 0 Å². The van der Waals surface area contributed by atoms with Gasteiger partial charge >= 0.3 is 0 Å². The van der Waals surface area contributed by atoms with E-state index in [1.165, 1.54) is 0 Å². The van der Waals surface area contributed by atoms with Crippen molar-refractivity contribution < 1.29 is 0 Å². The Morgan fingerprint density at radius 2 is 2.00 bits per heavy atom. The number of aryl methyl sites for hydroxylation is 2. The molecule has 0 fully saturated rings. The number of nitrogens with zero attached hydrogens (tertiary/aromatic N) is 3. The zero-order valence-electron chi connectivity index (χ0n) is 10.6. The first-order valence-electron chi connectivity index (χ1n) is 6.07. The summed E-state index contributed by atoms with van der Waals surface area (Å²) in [5.41, 5.74) is 4.59. The molecule has 0 aliphatic heterocycles. The van der Waals surface area contributed by atoms with Gasteiger partial charge in [0.25, 0.3) is 0 Å². The Bertz CT molecular complexity index is 583. The average molecular weight is 237 g/mol. The third kappa shape index (κ3) is 2.38. The van der Waals surface area contributed by atoms with Gasteiger partial charge in [-0.25, -0.2) is 0 Å². The van der Waals surface area contributed by atoms with Gasteiger partial charge in [0.05, 0.1) is 11.3 Å². The van der Waals surface area contributed by atoms with Gasteiger partial charge in [-0.1, -0.05) is 13.3 Å². The molecule has 0 bridgehead atoms. The van der Waals surface area contributed by atoms with Gasteiger partial charge in [-0.05, 0) is 37.1 Å². The number of hydrogen-bond acceptors (Lipinski definition) is 3. The number of pyridine rings is 2. The van der Waals surface area contributed by atoms with Gasteiger partial charge in [-0.3, -0.25) is 9.97 Å². The highest BCUT2D eigenvalue weighted by atomic mass is 14.7. The largest absolute Gasteiger partial charge is 0.265 e. The molecule has 3 heteroatoms. The maximum atomic E-state index is 9.20. The highest BCUT2D eigenvalue weighted by Gasteiger charge is 2.09. The Hall–Kier alpha value is -2.21. The molecule has 18 heavy (non-hydrogen) atoms. The van der Waals surface area contributed by atoms with Crippen LogP contribution >= 0.6 is 0 Å². The Morgan fingerprint density at radius 3 is 2.61 bits per heavy atom. The molecule has 2 rings (SSSR count). The van der Waals surface area contributed by atoms with E-state index in [0.29, 0.717) is 5.56 Å². The van der Waals surface area contributed by atoms with Crippen LogP contribution in [0.4, 0.5) is 0 Å². The molecule has 0 unspecified atom stereocenters. The minimum absolute atomic E-state index is 0.675. The molecular formula is C15H15N3. The van der Waals surface area contributed by atoms with Gasteiger partial charge in [0.2, 0.25) is 0 Å². The van der Waals surface area contributed by atoms with E-state index in [9.17, 15) is 5.26 Å². The van der Waals surface area contributed by atoms with Crippen LogP contribution in [0.25, 0.3) is 11.1 Å². The number of hydrogen-bond donors (Lipinski definition) is 0. The Labute approximate surface area is 107 Å². The van der Waals surface area contributed by atoms with E-state index < -0.39 is 0 Å². The first-order chi connectivity index (χ1) is 8.76. The Balaban J connectivity index is 2.54. The van der Waals surface area contributed by atoms with Crippen LogP contribution in [0.3, 0.4) is 0 Å². The normalized spacial score (nSPS) is 10.1. The molecule has 0 saturated heterocycles. The predicted octanol–water partition coefficient (Wildman–Crippen LogP) is 3.28. The van der Waals surface area contributed by atoms with Crippen LogP contribution in [0.15, 0.2) is 30.6 Å². The molecule has 2 aromatic rings. The molecule has 0 atom stereocenters. The summed E-state index contributed by atoms with van der Waals surface area (Å²) in [6.07, 6.45) is 5.34. The van der Waals surface area contributed by atoms with E-state index in [1.54, 1.807) is 12.4 Å². The van der Waals surface area contributed by atoms with E-state index in [-0.39, 0.29) is 0 Å². The monoisotopic (exact) mass is 237 g/mol. The van der Waals surface area contributed by atoms with Crippen molar-refractivity contribution in [2.24, 2.45) is 0 Å². The van der Waals surface area contributed by atoms with E-state index in [1.807, 2.05) is 25.1 Å². The molecule has 2 heterocycles. The molecule has 0 saturated carbocycles. The van der Waals surface area contributed by atoms with Crippen molar-refractivity contribution in [1.82, 2.24) is 9.97 Å². The molecule has 90 valence electrons. The van der Waals surface area contributed by atoms with Crippen molar-refractivity contribution in [2.75, 3.05) is 0 Å². The lowest BCUT2D eigenvalue weighted by atomic mass is 10.0. The first kappa shape index (κ1) is 12.3. The minimum atomic E-state index is 0.675. The molecule has 0 radical (unpaired) electrons.